The molecule has 0 spiro atoms. The maximum Gasteiger partial charge on any atom is 0.251 e. The van der Waals surface area contributed by atoms with Crippen molar-refractivity contribution in [1.29, 1.82) is 0 Å². The van der Waals surface area contributed by atoms with Gasteiger partial charge in [0.05, 0.1) is 23.8 Å². The third-order valence-electron chi connectivity index (χ3n) is 8.02. The van der Waals surface area contributed by atoms with E-state index in [4.69, 9.17) is 10.3 Å². The molecule has 3 aliphatic heterocycles. The van der Waals surface area contributed by atoms with Crippen LogP contribution in [0.4, 0.5) is 9.52 Å². The van der Waals surface area contributed by atoms with Crippen LogP contribution in [-0.4, -0.2) is 103 Å². The molecule has 1 aromatic heterocycles. The molecule has 0 radical (unpaired) electrons. The summed E-state index contributed by atoms with van der Waals surface area (Å²) in [6, 6.07) is 2.80. The van der Waals surface area contributed by atoms with Crippen LogP contribution in [0, 0.1) is 17.7 Å². The number of amides is 2. The van der Waals surface area contributed by atoms with Gasteiger partial charge in [-0.1, -0.05) is 19.0 Å². The van der Waals surface area contributed by atoms with E-state index in [1.165, 1.54) is 22.3 Å². The topological polar surface area (TPSA) is 144 Å². The molecule has 3 saturated heterocycles. The number of ketones is 1. The number of piperazine rings is 1. The van der Waals surface area contributed by atoms with Gasteiger partial charge in [-0.3, -0.25) is 14.4 Å². The number of likely N-dealkylation sites (tertiary alicyclic amines) is 1. The number of carbonyl (C=O) groups is 3. The van der Waals surface area contributed by atoms with Crippen molar-refractivity contribution in [3.05, 3.63) is 45.4 Å². The summed E-state index contributed by atoms with van der Waals surface area (Å²) >= 11 is 1.47. The lowest BCUT2D eigenvalue weighted by Crippen LogP contribution is -2.48. The highest BCUT2D eigenvalue weighted by atomic mass is 32.1. The standard InChI is InChI=1S/C27H33FN8O4S/c1-15(2)18(26(39)36-12-20(32-33-29)24-23(36)22(37)13-40-24)11-30-25(38)16-4-5-17(19(28)10-16)21-14-41-27(31-21)35-8-6-34(3)7-9-35/h4-5,10,14-15,18,20,23-24H,6-9,11-13H2,1-3H3,(H,30,38). The molecule has 1 N–H and O–H groups in total. The zero-order valence-electron chi connectivity index (χ0n) is 23.2. The number of nitrogens with zero attached hydrogens (tertiary/aromatic N) is 7. The molecule has 41 heavy (non-hydrogen) atoms. The average molecular weight is 585 g/mol. The van der Waals surface area contributed by atoms with Crippen LogP contribution in [0.3, 0.4) is 0 Å². The molecule has 0 saturated carbocycles. The minimum Gasteiger partial charge on any atom is -0.367 e. The van der Waals surface area contributed by atoms with Crippen LogP contribution in [0.2, 0.25) is 0 Å². The minimum atomic E-state index is -0.806. The number of nitrogens with one attached hydrogen (secondary N) is 1. The Hall–Kier alpha value is -3.58. The average Bonchev–Trinajstić information content (AvgIpc) is 3.67. The van der Waals surface area contributed by atoms with Crippen LogP contribution in [0.15, 0.2) is 28.7 Å². The van der Waals surface area contributed by atoms with Crippen LogP contribution in [0.25, 0.3) is 21.7 Å². The minimum absolute atomic E-state index is 0.00566. The van der Waals surface area contributed by atoms with Gasteiger partial charge in [-0.05, 0) is 36.7 Å². The summed E-state index contributed by atoms with van der Waals surface area (Å²) in [5.74, 6) is -2.46. The van der Waals surface area contributed by atoms with Crippen LogP contribution in [0.1, 0.15) is 24.2 Å². The van der Waals surface area contributed by atoms with Gasteiger partial charge >= 0.3 is 0 Å². The normalized spacial score (nSPS) is 23.4. The third-order valence-corrected chi connectivity index (χ3v) is 8.92. The first-order chi connectivity index (χ1) is 19.7. The zero-order chi connectivity index (χ0) is 29.3. The van der Waals surface area contributed by atoms with E-state index in [2.05, 4.69) is 37.2 Å². The van der Waals surface area contributed by atoms with Gasteiger partial charge in [0, 0.05) is 60.7 Å². The summed E-state index contributed by atoms with van der Waals surface area (Å²) < 4.78 is 20.6. The number of anilines is 1. The van der Waals surface area contributed by atoms with Crippen molar-refractivity contribution in [3.63, 3.8) is 0 Å². The Labute approximate surface area is 241 Å². The molecule has 12 nitrogen and oxygen atoms in total. The second-order valence-corrected chi connectivity index (χ2v) is 11.8. The number of ether oxygens (including phenoxy) is 1. The molecule has 0 bridgehead atoms. The molecule has 3 aliphatic rings. The summed E-state index contributed by atoms with van der Waals surface area (Å²) in [6.45, 7) is 7.23. The Bertz CT molecular complexity index is 1370. The highest BCUT2D eigenvalue weighted by Crippen LogP contribution is 2.32. The Kier molecular flexibility index (Phi) is 8.55. The summed E-state index contributed by atoms with van der Waals surface area (Å²) in [5.41, 5.74) is 9.85. The molecule has 4 heterocycles. The number of aromatic nitrogens is 1. The number of fused-ring (bicyclic) bond motifs is 1. The maximum absolute atomic E-state index is 15.1. The second kappa shape index (κ2) is 12.1. The largest absolute Gasteiger partial charge is 0.367 e. The first kappa shape index (κ1) is 28.9. The maximum atomic E-state index is 15.1. The van der Waals surface area contributed by atoms with Crippen LogP contribution in [0.5, 0.6) is 0 Å². The smallest absolute Gasteiger partial charge is 0.251 e. The molecule has 4 unspecified atom stereocenters. The van der Waals surface area contributed by atoms with Gasteiger partial charge in [0.2, 0.25) is 5.91 Å². The molecule has 3 fully saturated rings. The van der Waals surface area contributed by atoms with Crippen molar-refractivity contribution in [3.8, 4) is 11.3 Å². The first-order valence-corrected chi connectivity index (χ1v) is 14.5. The quantitative estimate of drug-likeness (QED) is 0.285. The number of likely N-dealkylation sites (N-methyl/N-ethyl adjacent to an activating group) is 1. The Morgan fingerprint density at radius 1 is 1.29 bits per heavy atom. The molecule has 4 atom stereocenters. The van der Waals surface area contributed by atoms with Gasteiger partial charge in [0.1, 0.15) is 18.5 Å². The Morgan fingerprint density at radius 3 is 2.73 bits per heavy atom. The van der Waals surface area contributed by atoms with Gasteiger partial charge in [0.25, 0.3) is 5.91 Å². The monoisotopic (exact) mass is 584 g/mol. The SMILES string of the molecule is CC(C)C(CNC(=O)c1ccc(-c2csc(N3CCN(C)CC3)n2)c(F)c1)C(=O)N1CC(N=[N+]=[N-])C2OCC(=O)C21. The van der Waals surface area contributed by atoms with E-state index < -0.39 is 35.8 Å². The zero-order valence-corrected chi connectivity index (χ0v) is 24.0. The van der Waals surface area contributed by atoms with Crippen LogP contribution < -0.4 is 10.2 Å². The molecular weight excluding hydrogens is 551 g/mol. The van der Waals surface area contributed by atoms with Gasteiger partial charge in [-0.2, -0.15) is 0 Å². The number of halogens is 1. The van der Waals surface area contributed by atoms with Gasteiger partial charge in [-0.15, -0.1) is 11.3 Å². The lowest BCUT2D eigenvalue weighted by molar-refractivity contribution is -0.141. The molecule has 5 rings (SSSR count). The van der Waals surface area contributed by atoms with Crippen LogP contribution in [-0.2, 0) is 14.3 Å². The van der Waals surface area contributed by atoms with E-state index in [0.717, 1.165) is 31.3 Å². The highest BCUT2D eigenvalue weighted by molar-refractivity contribution is 7.14. The van der Waals surface area contributed by atoms with Crippen molar-refractivity contribution in [2.75, 3.05) is 57.8 Å². The van der Waals surface area contributed by atoms with E-state index >= 15 is 4.39 Å². The third kappa shape index (κ3) is 5.91. The van der Waals surface area contributed by atoms with Crippen molar-refractivity contribution in [2.45, 2.75) is 32.0 Å². The van der Waals surface area contributed by atoms with Gasteiger partial charge in [-0.25, -0.2) is 9.37 Å². The fourth-order valence-electron chi connectivity index (χ4n) is 5.55. The summed E-state index contributed by atoms with van der Waals surface area (Å²) in [7, 11) is 2.08. The van der Waals surface area contributed by atoms with Crippen molar-refractivity contribution in [1.82, 2.24) is 20.1 Å². The van der Waals surface area contributed by atoms with Crippen LogP contribution >= 0.6 is 11.3 Å². The fraction of sp³-hybridized carbons (Fsp3) is 0.556. The number of hydrogen-bond donors (Lipinski definition) is 1. The Morgan fingerprint density at radius 2 is 2.05 bits per heavy atom. The predicted molar refractivity (Wildman–Crippen MR) is 151 cm³/mol. The lowest BCUT2D eigenvalue weighted by Gasteiger charge is -2.32. The molecule has 2 aromatic rings. The number of hydrogen-bond acceptors (Lipinski definition) is 9. The number of benzene rings is 1. The fourth-order valence-corrected chi connectivity index (χ4v) is 6.43. The van der Waals surface area contributed by atoms with Gasteiger partial charge in [0.15, 0.2) is 10.9 Å². The number of carbonyl (C=O) groups excluding carboxylic acids is 3. The molecular formula is C27H33FN8O4S. The summed E-state index contributed by atoms with van der Waals surface area (Å²) in [4.78, 5) is 52.3. The van der Waals surface area contributed by atoms with E-state index in [9.17, 15) is 14.4 Å². The van der Waals surface area contributed by atoms with E-state index in [1.54, 1.807) is 12.1 Å². The molecule has 2 amide bonds. The lowest BCUT2D eigenvalue weighted by atomic mass is 9.93. The molecule has 14 heteroatoms. The predicted octanol–water partition coefficient (Wildman–Crippen LogP) is 2.56. The number of azide groups is 1. The Balaban J connectivity index is 1.24. The van der Waals surface area contributed by atoms with Crippen molar-refractivity contribution < 1.29 is 23.5 Å². The van der Waals surface area contributed by atoms with Gasteiger partial charge < -0.3 is 24.8 Å². The molecule has 218 valence electrons. The number of thiazole rings is 1. The highest BCUT2D eigenvalue weighted by Gasteiger charge is 2.53. The first-order valence-electron chi connectivity index (χ1n) is 13.6. The number of rotatable bonds is 8. The van der Waals surface area contributed by atoms with E-state index in [0.29, 0.717) is 11.3 Å². The molecule has 0 aliphatic carbocycles. The number of Topliss-reactive ketones (excluding diaryl/α,β-unsaturated/α-hetero) is 1. The molecule has 1 aromatic carbocycles. The van der Waals surface area contributed by atoms with Crippen molar-refractivity contribution >= 4 is 34.1 Å². The van der Waals surface area contributed by atoms with Crippen molar-refractivity contribution in [2.24, 2.45) is 17.0 Å². The van der Waals surface area contributed by atoms with E-state index in [-0.39, 0.29) is 42.9 Å². The van der Waals surface area contributed by atoms with E-state index in [1.807, 2.05) is 19.2 Å². The summed E-state index contributed by atoms with van der Waals surface area (Å²) in [6.07, 6.45) is -0.665. The summed E-state index contributed by atoms with van der Waals surface area (Å²) in [5, 5.41) is 9.13. The second-order valence-electron chi connectivity index (χ2n) is 11.0.